The number of hydrogen-bond donors (Lipinski definition) is 4. The van der Waals surface area contributed by atoms with Crippen molar-refractivity contribution < 1.29 is 28.4 Å². The number of anilines is 2. The number of hydrogen-bond acceptors (Lipinski definition) is 11. The SMILES string of the molecule is CCc1cc2ncc(CN3CCN(c4ccc(C(=O)N[C@H]5CC[C@@H](Nc6cc7c(cc6F)C(=O)N(C6CCC(=O)NC6=O)C7=O)CC5)nc4)CC3)cc2[nH]c1=O. The van der Waals surface area contributed by atoms with Crippen LogP contribution in [0.5, 0.6) is 0 Å². The van der Waals surface area contributed by atoms with Crippen molar-refractivity contribution in [3.8, 4) is 0 Å². The molecule has 4 N–H and O–H groups in total. The predicted molar refractivity (Wildman–Crippen MR) is 204 cm³/mol. The fourth-order valence-electron chi connectivity index (χ4n) is 8.11. The molecule has 6 heterocycles. The number of piperazine rings is 1. The number of H-pyrrole nitrogens is 1. The van der Waals surface area contributed by atoms with E-state index in [2.05, 4.69) is 40.7 Å². The Morgan fingerprint density at radius 1 is 0.875 bits per heavy atom. The number of amides is 5. The first-order valence-electron chi connectivity index (χ1n) is 19.1. The van der Waals surface area contributed by atoms with Gasteiger partial charge in [0, 0.05) is 63.0 Å². The zero-order valence-corrected chi connectivity index (χ0v) is 30.9. The Labute approximate surface area is 321 Å². The van der Waals surface area contributed by atoms with Gasteiger partial charge in [-0.3, -0.25) is 48.9 Å². The molecule has 3 fully saturated rings. The van der Waals surface area contributed by atoms with E-state index in [4.69, 9.17) is 0 Å². The van der Waals surface area contributed by atoms with Crippen molar-refractivity contribution in [2.24, 2.45) is 0 Å². The Balaban J connectivity index is 0.799. The summed E-state index contributed by atoms with van der Waals surface area (Å²) in [5, 5.41) is 8.39. The summed E-state index contributed by atoms with van der Waals surface area (Å²) in [5.74, 6) is -3.61. The molecule has 15 nitrogen and oxygen atoms in total. The highest BCUT2D eigenvalue weighted by atomic mass is 19.1. The highest BCUT2D eigenvalue weighted by Gasteiger charge is 2.45. The summed E-state index contributed by atoms with van der Waals surface area (Å²) in [6, 6.07) is 8.49. The molecule has 4 aromatic rings. The summed E-state index contributed by atoms with van der Waals surface area (Å²) in [6.07, 6.45) is 6.82. The summed E-state index contributed by atoms with van der Waals surface area (Å²) in [5.41, 5.74) is 4.47. The second-order valence-corrected chi connectivity index (χ2v) is 14.9. The topological polar surface area (TPSA) is 190 Å². The maximum absolute atomic E-state index is 15.2. The number of aryl methyl sites for hydroxylation is 1. The van der Waals surface area contributed by atoms with Crippen molar-refractivity contribution >= 4 is 51.9 Å². The van der Waals surface area contributed by atoms with E-state index < -0.39 is 35.5 Å². The fraction of sp³-hybridized carbons (Fsp3) is 0.400. The van der Waals surface area contributed by atoms with Gasteiger partial charge >= 0.3 is 0 Å². The molecule has 0 radical (unpaired) electrons. The van der Waals surface area contributed by atoms with E-state index in [1.807, 2.05) is 31.3 Å². The highest BCUT2D eigenvalue weighted by Crippen LogP contribution is 2.33. The Morgan fingerprint density at radius 3 is 2.30 bits per heavy atom. The van der Waals surface area contributed by atoms with Crippen LogP contribution < -0.4 is 26.4 Å². The van der Waals surface area contributed by atoms with E-state index in [-0.39, 0.29) is 53.2 Å². The van der Waals surface area contributed by atoms with Gasteiger partial charge in [0.1, 0.15) is 17.6 Å². The average molecular weight is 764 g/mol. The molecule has 0 spiro atoms. The molecule has 16 heteroatoms. The number of piperidine rings is 1. The molecule has 3 aromatic heterocycles. The first-order valence-corrected chi connectivity index (χ1v) is 19.1. The van der Waals surface area contributed by atoms with Crippen molar-refractivity contribution in [2.75, 3.05) is 36.4 Å². The van der Waals surface area contributed by atoms with E-state index in [1.54, 1.807) is 12.3 Å². The minimum Gasteiger partial charge on any atom is -0.380 e. The van der Waals surface area contributed by atoms with E-state index >= 15 is 4.39 Å². The van der Waals surface area contributed by atoms with Crippen LogP contribution in [0.2, 0.25) is 0 Å². The van der Waals surface area contributed by atoms with Gasteiger partial charge in [-0.2, -0.15) is 0 Å². The molecule has 1 saturated carbocycles. The van der Waals surface area contributed by atoms with Crippen molar-refractivity contribution in [3.05, 3.63) is 92.9 Å². The molecule has 2 saturated heterocycles. The number of fused-ring (bicyclic) bond motifs is 2. The summed E-state index contributed by atoms with van der Waals surface area (Å²) in [6.45, 7) is 5.95. The molecule has 8 rings (SSSR count). The van der Waals surface area contributed by atoms with E-state index in [1.165, 1.54) is 6.07 Å². The van der Waals surface area contributed by atoms with Gasteiger partial charge in [0.05, 0.1) is 39.7 Å². The molecule has 1 atom stereocenters. The number of halogens is 1. The number of rotatable bonds is 9. The van der Waals surface area contributed by atoms with Crippen LogP contribution in [0.25, 0.3) is 11.0 Å². The number of imide groups is 2. The lowest BCUT2D eigenvalue weighted by atomic mass is 9.90. The van der Waals surface area contributed by atoms with Crippen LogP contribution >= 0.6 is 0 Å². The number of nitrogens with zero attached hydrogens (tertiary/aromatic N) is 5. The van der Waals surface area contributed by atoms with Crippen molar-refractivity contribution in [1.82, 2.24) is 35.4 Å². The molecular formula is C40H42FN9O6. The van der Waals surface area contributed by atoms with E-state index in [0.29, 0.717) is 37.8 Å². The van der Waals surface area contributed by atoms with Crippen LogP contribution in [0.15, 0.2) is 53.6 Å². The number of aromatic amines is 1. The molecular weight excluding hydrogens is 721 g/mol. The summed E-state index contributed by atoms with van der Waals surface area (Å²) >= 11 is 0. The van der Waals surface area contributed by atoms with Crippen LogP contribution in [0.3, 0.4) is 0 Å². The van der Waals surface area contributed by atoms with Gasteiger partial charge in [0.25, 0.3) is 23.3 Å². The summed E-state index contributed by atoms with van der Waals surface area (Å²) < 4.78 is 15.2. The maximum Gasteiger partial charge on any atom is 0.270 e. The third-order valence-corrected chi connectivity index (χ3v) is 11.3. The molecule has 3 aliphatic heterocycles. The Bertz CT molecular complexity index is 2300. The van der Waals surface area contributed by atoms with Crippen LogP contribution in [0, 0.1) is 5.82 Å². The van der Waals surface area contributed by atoms with Gasteiger partial charge in [0.2, 0.25) is 11.8 Å². The molecule has 1 unspecified atom stereocenters. The summed E-state index contributed by atoms with van der Waals surface area (Å²) in [4.78, 5) is 92.9. The van der Waals surface area contributed by atoms with Crippen LogP contribution in [0.4, 0.5) is 15.8 Å². The quantitative estimate of drug-likeness (QED) is 0.184. The lowest BCUT2D eigenvalue weighted by molar-refractivity contribution is -0.136. The molecule has 0 bridgehead atoms. The van der Waals surface area contributed by atoms with Crippen LogP contribution in [-0.4, -0.2) is 98.6 Å². The second kappa shape index (κ2) is 15.2. The van der Waals surface area contributed by atoms with Gasteiger partial charge in [-0.1, -0.05) is 6.92 Å². The maximum atomic E-state index is 15.2. The predicted octanol–water partition coefficient (Wildman–Crippen LogP) is 2.90. The molecule has 1 aromatic carbocycles. The first-order chi connectivity index (χ1) is 27.0. The highest BCUT2D eigenvalue weighted by molar-refractivity contribution is 6.23. The third kappa shape index (κ3) is 7.35. The fourth-order valence-corrected chi connectivity index (χ4v) is 8.11. The van der Waals surface area contributed by atoms with E-state index in [9.17, 15) is 28.8 Å². The largest absolute Gasteiger partial charge is 0.380 e. The average Bonchev–Trinajstić information content (AvgIpc) is 3.43. The summed E-state index contributed by atoms with van der Waals surface area (Å²) in [7, 11) is 0. The van der Waals surface area contributed by atoms with Gasteiger partial charge in [-0.25, -0.2) is 9.37 Å². The number of aromatic nitrogens is 3. The molecule has 56 heavy (non-hydrogen) atoms. The lowest BCUT2D eigenvalue weighted by Crippen LogP contribution is -2.54. The Morgan fingerprint density at radius 2 is 1.61 bits per heavy atom. The minimum absolute atomic E-state index is 0.00448. The Kier molecular flexibility index (Phi) is 10.1. The number of benzene rings is 1. The number of carbonyl (C=O) groups is 5. The Hall–Kier alpha value is -6.03. The number of nitrogens with one attached hydrogen (secondary N) is 4. The molecule has 290 valence electrons. The van der Waals surface area contributed by atoms with Crippen molar-refractivity contribution in [1.29, 1.82) is 0 Å². The minimum atomic E-state index is -1.13. The van der Waals surface area contributed by atoms with Gasteiger partial charge < -0.3 is 20.5 Å². The zero-order chi connectivity index (χ0) is 39.1. The molecule has 4 aliphatic rings. The number of pyridine rings is 3. The number of carbonyl (C=O) groups excluding carboxylic acids is 5. The first kappa shape index (κ1) is 36.9. The van der Waals surface area contributed by atoms with Crippen molar-refractivity contribution in [3.63, 3.8) is 0 Å². The van der Waals surface area contributed by atoms with Crippen LogP contribution in [0.1, 0.15) is 87.8 Å². The standard InChI is InChI=1S/C40H42FN9O6/c1-2-23-16-32-33(46-36(23)52)15-22(19-42-32)21-48-11-13-49(14-12-48)26-7-8-30(43-20-26)37(53)45-25-5-3-24(4-6-25)44-31-18-28-27(17-29(31)41)39(55)50(40(28)56)34-9-10-35(51)47-38(34)54/h7-8,15-20,24-25,34,44H,2-6,9-14,21H2,1H3,(H,45,53)(H,46,52)(H,47,51,54)/t24-,25+,34?. The lowest BCUT2D eigenvalue weighted by Gasteiger charge is -2.36. The smallest absolute Gasteiger partial charge is 0.270 e. The van der Waals surface area contributed by atoms with Gasteiger partial charge in [-0.15, -0.1) is 0 Å². The van der Waals surface area contributed by atoms with Crippen LogP contribution in [-0.2, 0) is 22.6 Å². The zero-order valence-electron chi connectivity index (χ0n) is 30.9. The van der Waals surface area contributed by atoms with Crippen molar-refractivity contribution in [2.45, 2.75) is 76.5 Å². The van der Waals surface area contributed by atoms with E-state index in [0.717, 1.165) is 71.5 Å². The monoisotopic (exact) mass is 763 g/mol. The normalized spacial score (nSPS) is 21.6. The van der Waals surface area contributed by atoms with Gasteiger partial charge in [0.15, 0.2) is 0 Å². The van der Waals surface area contributed by atoms with Gasteiger partial charge in [-0.05, 0) is 80.5 Å². The molecule has 1 aliphatic carbocycles. The molecule has 5 amide bonds. The second-order valence-electron chi connectivity index (χ2n) is 14.9. The third-order valence-electron chi connectivity index (χ3n) is 11.3.